The number of para-hydroxylation sites is 1. The first-order chi connectivity index (χ1) is 9.66. The molecule has 0 unspecified atom stereocenters. The minimum absolute atomic E-state index is 0.738. The predicted molar refractivity (Wildman–Crippen MR) is 87.6 cm³/mol. The van der Waals surface area contributed by atoms with Gasteiger partial charge in [-0.15, -0.1) is 11.8 Å². The summed E-state index contributed by atoms with van der Waals surface area (Å²) in [5.41, 5.74) is 9.33. The van der Waals surface area contributed by atoms with E-state index in [2.05, 4.69) is 32.0 Å². The molecule has 0 atom stereocenters. The summed E-state index contributed by atoms with van der Waals surface area (Å²) in [5, 5.41) is 0. The van der Waals surface area contributed by atoms with Crippen LogP contribution in [0.1, 0.15) is 17.5 Å². The van der Waals surface area contributed by atoms with Crippen molar-refractivity contribution in [2.45, 2.75) is 25.2 Å². The Hall–Kier alpha value is -1.61. The lowest BCUT2D eigenvalue weighted by atomic mass is 10.1. The Morgan fingerprint density at radius 3 is 2.60 bits per heavy atom. The zero-order valence-electron chi connectivity index (χ0n) is 12.1. The van der Waals surface area contributed by atoms with Crippen LogP contribution in [-0.2, 0) is 0 Å². The number of nitrogens with two attached hydrogens (primary N) is 1. The Labute approximate surface area is 125 Å². The third-order valence-corrected chi connectivity index (χ3v) is 4.39. The van der Waals surface area contributed by atoms with Gasteiger partial charge in [0.25, 0.3) is 0 Å². The van der Waals surface area contributed by atoms with Gasteiger partial charge >= 0.3 is 0 Å². The molecule has 106 valence electrons. The molecule has 0 radical (unpaired) electrons. The monoisotopic (exact) mass is 287 g/mol. The molecule has 2 nitrogen and oxygen atoms in total. The maximum Gasteiger partial charge on any atom is 0.119 e. The van der Waals surface area contributed by atoms with Crippen LogP contribution in [0.5, 0.6) is 5.75 Å². The molecule has 0 bridgehead atoms. The molecule has 0 aliphatic heterocycles. The Morgan fingerprint density at radius 1 is 1.05 bits per heavy atom. The number of hydrogen-bond acceptors (Lipinski definition) is 3. The predicted octanol–water partition coefficient (Wildman–Crippen LogP) is 4.45. The normalized spacial score (nSPS) is 10.5. The average Bonchev–Trinajstić information content (AvgIpc) is 2.44. The van der Waals surface area contributed by atoms with Gasteiger partial charge in [-0.2, -0.15) is 0 Å². The van der Waals surface area contributed by atoms with E-state index < -0.39 is 0 Å². The molecule has 0 aliphatic rings. The van der Waals surface area contributed by atoms with E-state index in [1.54, 1.807) is 11.8 Å². The van der Waals surface area contributed by atoms with Crippen LogP contribution >= 0.6 is 11.8 Å². The minimum Gasteiger partial charge on any atom is -0.494 e. The Morgan fingerprint density at radius 2 is 1.85 bits per heavy atom. The van der Waals surface area contributed by atoms with E-state index >= 15 is 0 Å². The molecular weight excluding hydrogens is 266 g/mol. The van der Waals surface area contributed by atoms with Gasteiger partial charge in [0.1, 0.15) is 5.75 Å². The summed E-state index contributed by atoms with van der Waals surface area (Å²) in [6.45, 7) is 4.96. The van der Waals surface area contributed by atoms with Crippen molar-refractivity contribution in [2.24, 2.45) is 0 Å². The lowest BCUT2D eigenvalue weighted by Gasteiger charge is -2.08. The van der Waals surface area contributed by atoms with Crippen LogP contribution in [0.2, 0.25) is 0 Å². The Kier molecular flexibility index (Phi) is 5.36. The Bertz CT molecular complexity index is 569. The van der Waals surface area contributed by atoms with Gasteiger partial charge in [-0.25, -0.2) is 0 Å². The average molecular weight is 287 g/mol. The fourth-order valence-electron chi connectivity index (χ4n) is 1.85. The number of aryl methyl sites for hydroxylation is 2. The van der Waals surface area contributed by atoms with Crippen LogP contribution in [0.15, 0.2) is 47.4 Å². The van der Waals surface area contributed by atoms with E-state index in [-0.39, 0.29) is 0 Å². The molecule has 0 saturated heterocycles. The second kappa shape index (κ2) is 7.25. The molecular formula is C17H21NOS. The van der Waals surface area contributed by atoms with Crippen molar-refractivity contribution in [2.75, 3.05) is 18.1 Å². The summed E-state index contributed by atoms with van der Waals surface area (Å²) in [6.07, 6.45) is 1.01. The van der Waals surface area contributed by atoms with Crippen LogP contribution in [-0.4, -0.2) is 12.4 Å². The number of anilines is 1. The molecule has 0 heterocycles. The van der Waals surface area contributed by atoms with Gasteiger partial charge in [0.15, 0.2) is 0 Å². The molecule has 3 heteroatoms. The number of rotatable bonds is 6. The van der Waals surface area contributed by atoms with Gasteiger partial charge in [0.05, 0.1) is 6.61 Å². The number of hydrogen-bond donors (Lipinski definition) is 1. The minimum atomic E-state index is 0.738. The lowest BCUT2D eigenvalue weighted by molar-refractivity contribution is 0.318. The zero-order chi connectivity index (χ0) is 14.4. The van der Waals surface area contributed by atoms with Crippen molar-refractivity contribution in [1.82, 2.24) is 0 Å². The van der Waals surface area contributed by atoms with Crippen molar-refractivity contribution in [3.05, 3.63) is 53.6 Å². The SMILES string of the molecule is Cc1ccc(OCCCSc2ccccc2N)cc1C. The number of benzene rings is 2. The van der Waals surface area contributed by atoms with Crippen molar-refractivity contribution in [1.29, 1.82) is 0 Å². The van der Waals surface area contributed by atoms with Crippen molar-refractivity contribution < 1.29 is 4.74 Å². The molecule has 0 amide bonds. The van der Waals surface area contributed by atoms with E-state index in [1.165, 1.54) is 11.1 Å². The highest BCUT2D eigenvalue weighted by Crippen LogP contribution is 2.25. The van der Waals surface area contributed by atoms with E-state index in [1.807, 2.05) is 24.3 Å². The quantitative estimate of drug-likeness (QED) is 0.484. The fraction of sp³-hybridized carbons (Fsp3) is 0.294. The van der Waals surface area contributed by atoms with E-state index in [9.17, 15) is 0 Å². The topological polar surface area (TPSA) is 35.2 Å². The third kappa shape index (κ3) is 4.20. The molecule has 2 rings (SSSR count). The van der Waals surface area contributed by atoms with Crippen LogP contribution in [0.4, 0.5) is 5.69 Å². The van der Waals surface area contributed by atoms with Crippen LogP contribution in [0.3, 0.4) is 0 Å². The molecule has 20 heavy (non-hydrogen) atoms. The summed E-state index contributed by atoms with van der Waals surface area (Å²) in [6, 6.07) is 14.2. The molecule has 0 fully saturated rings. The summed E-state index contributed by atoms with van der Waals surface area (Å²) in [4.78, 5) is 1.15. The largest absolute Gasteiger partial charge is 0.494 e. The van der Waals surface area contributed by atoms with Gasteiger partial charge in [0, 0.05) is 16.3 Å². The summed E-state index contributed by atoms with van der Waals surface area (Å²) in [5.74, 6) is 1.97. The number of ether oxygens (including phenoxy) is 1. The van der Waals surface area contributed by atoms with Crippen molar-refractivity contribution in [3.63, 3.8) is 0 Å². The second-order valence-electron chi connectivity index (χ2n) is 4.83. The molecule has 2 aromatic rings. The maximum atomic E-state index is 5.91. The van der Waals surface area contributed by atoms with Gasteiger partial charge in [-0.05, 0) is 55.7 Å². The number of thioether (sulfide) groups is 1. The highest BCUT2D eigenvalue weighted by atomic mass is 32.2. The second-order valence-corrected chi connectivity index (χ2v) is 5.97. The molecule has 0 saturated carbocycles. The number of nitrogen functional groups attached to an aromatic ring is 1. The van der Waals surface area contributed by atoms with E-state index in [0.717, 1.165) is 35.1 Å². The zero-order valence-corrected chi connectivity index (χ0v) is 12.9. The van der Waals surface area contributed by atoms with E-state index in [0.29, 0.717) is 0 Å². The highest BCUT2D eigenvalue weighted by Gasteiger charge is 2.00. The van der Waals surface area contributed by atoms with Gasteiger partial charge in [-0.3, -0.25) is 0 Å². The maximum absolute atomic E-state index is 5.91. The highest BCUT2D eigenvalue weighted by molar-refractivity contribution is 7.99. The first kappa shape index (κ1) is 14.8. The Balaban J connectivity index is 1.71. The molecule has 0 aliphatic carbocycles. The summed E-state index contributed by atoms with van der Waals surface area (Å²) >= 11 is 1.78. The standard InChI is InChI=1S/C17H21NOS/c1-13-8-9-15(12-14(13)2)19-10-5-11-20-17-7-4-3-6-16(17)18/h3-4,6-9,12H,5,10-11,18H2,1-2H3. The fourth-order valence-corrected chi connectivity index (χ4v) is 2.74. The smallest absolute Gasteiger partial charge is 0.119 e. The van der Waals surface area contributed by atoms with Crippen LogP contribution in [0.25, 0.3) is 0 Å². The summed E-state index contributed by atoms with van der Waals surface area (Å²) < 4.78 is 5.77. The first-order valence-corrected chi connectivity index (χ1v) is 7.83. The van der Waals surface area contributed by atoms with Gasteiger partial charge < -0.3 is 10.5 Å². The van der Waals surface area contributed by atoms with Gasteiger partial charge in [-0.1, -0.05) is 18.2 Å². The molecule has 0 aromatic heterocycles. The van der Waals surface area contributed by atoms with E-state index in [4.69, 9.17) is 10.5 Å². The van der Waals surface area contributed by atoms with Crippen molar-refractivity contribution >= 4 is 17.4 Å². The molecule has 2 aromatic carbocycles. The first-order valence-electron chi connectivity index (χ1n) is 6.84. The third-order valence-electron chi connectivity index (χ3n) is 3.21. The lowest BCUT2D eigenvalue weighted by Crippen LogP contribution is -1.99. The molecule has 0 spiro atoms. The summed E-state index contributed by atoms with van der Waals surface area (Å²) in [7, 11) is 0. The van der Waals surface area contributed by atoms with Gasteiger partial charge in [0.2, 0.25) is 0 Å². The molecule has 2 N–H and O–H groups in total. The van der Waals surface area contributed by atoms with Crippen molar-refractivity contribution in [3.8, 4) is 5.75 Å². The van der Waals surface area contributed by atoms with Crippen LogP contribution < -0.4 is 10.5 Å². The van der Waals surface area contributed by atoms with Crippen LogP contribution in [0, 0.1) is 13.8 Å².